The number of halogens is 3. The Bertz CT molecular complexity index is 458. The monoisotopic (exact) mass is 288 g/mol. The van der Waals surface area contributed by atoms with Crippen molar-refractivity contribution >= 4 is 5.91 Å². The average molecular weight is 288 g/mol. The van der Waals surface area contributed by atoms with Gasteiger partial charge in [-0.15, -0.1) is 0 Å². The summed E-state index contributed by atoms with van der Waals surface area (Å²) >= 11 is 0. The molecule has 1 aromatic carbocycles. The number of benzene rings is 1. The molecule has 0 heterocycles. The van der Waals surface area contributed by atoms with Gasteiger partial charge in [0.15, 0.2) is 0 Å². The van der Waals surface area contributed by atoms with Crippen LogP contribution in [0, 0.1) is 0 Å². The molecule has 0 aliphatic heterocycles. The maximum Gasteiger partial charge on any atom is 0.416 e. The number of hydrogen-bond acceptors (Lipinski definition) is 2. The topological polar surface area (TPSA) is 41.1 Å². The Balaban J connectivity index is 2.73. The first-order chi connectivity index (χ1) is 9.21. The molecule has 1 atom stereocenters. The van der Waals surface area contributed by atoms with Crippen LogP contribution in [0.3, 0.4) is 0 Å². The zero-order valence-corrected chi connectivity index (χ0v) is 11.7. The molecule has 0 saturated heterocycles. The lowest BCUT2D eigenvalue weighted by Gasteiger charge is -2.19. The second kappa shape index (κ2) is 6.74. The van der Waals surface area contributed by atoms with Crippen LogP contribution in [0.2, 0.25) is 0 Å². The van der Waals surface area contributed by atoms with Crippen LogP contribution in [-0.4, -0.2) is 18.5 Å². The first-order valence-electron chi connectivity index (χ1n) is 6.40. The van der Waals surface area contributed by atoms with Crippen molar-refractivity contribution in [3.8, 4) is 0 Å². The Morgan fingerprint density at radius 1 is 1.20 bits per heavy atom. The average Bonchev–Trinajstić information content (AvgIpc) is 2.34. The summed E-state index contributed by atoms with van der Waals surface area (Å²) in [4.78, 5) is 11.5. The summed E-state index contributed by atoms with van der Waals surface area (Å²) < 4.78 is 38.6. The van der Waals surface area contributed by atoms with E-state index in [-0.39, 0.29) is 24.1 Å². The minimum absolute atomic E-state index is 0.00191. The van der Waals surface area contributed by atoms with Crippen molar-refractivity contribution in [2.24, 2.45) is 0 Å². The summed E-state index contributed by atoms with van der Waals surface area (Å²) in [6.07, 6.45) is -4.40. The molecule has 0 fully saturated rings. The highest BCUT2D eigenvalue weighted by molar-refractivity contribution is 5.78. The van der Waals surface area contributed by atoms with E-state index >= 15 is 0 Å². The molecule has 1 rings (SSSR count). The van der Waals surface area contributed by atoms with Gasteiger partial charge in [0, 0.05) is 12.1 Å². The van der Waals surface area contributed by atoms with Crippen LogP contribution in [0.15, 0.2) is 24.3 Å². The minimum atomic E-state index is -4.40. The SMILES string of the molecule is CC(C)NC(=O)CNC(C)c1ccccc1C(F)(F)F. The molecule has 2 N–H and O–H groups in total. The lowest BCUT2D eigenvalue weighted by Crippen LogP contribution is -2.38. The first kappa shape index (κ1) is 16.5. The van der Waals surface area contributed by atoms with Gasteiger partial charge in [0.2, 0.25) is 5.91 Å². The van der Waals surface area contributed by atoms with Crippen LogP contribution < -0.4 is 10.6 Å². The number of carbonyl (C=O) groups excluding carboxylic acids is 1. The van der Waals surface area contributed by atoms with Crippen molar-refractivity contribution in [3.05, 3.63) is 35.4 Å². The third-order valence-corrected chi connectivity index (χ3v) is 2.75. The molecule has 0 aromatic heterocycles. The van der Waals surface area contributed by atoms with E-state index in [2.05, 4.69) is 10.6 Å². The fraction of sp³-hybridized carbons (Fsp3) is 0.500. The van der Waals surface area contributed by atoms with E-state index in [9.17, 15) is 18.0 Å². The Morgan fingerprint density at radius 2 is 1.80 bits per heavy atom. The van der Waals surface area contributed by atoms with E-state index in [1.54, 1.807) is 13.0 Å². The summed E-state index contributed by atoms with van der Waals surface area (Å²) in [5.41, 5.74) is -0.540. The predicted molar refractivity (Wildman–Crippen MR) is 71.1 cm³/mol. The van der Waals surface area contributed by atoms with E-state index in [0.29, 0.717) is 0 Å². The van der Waals surface area contributed by atoms with E-state index in [4.69, 9.17) is 0 Å². The first-order valence-corrected chi connectivity index (χ1v) is 6.40. The molecular weight excluding hydrogens is 269 g/mol. The van der Waals surface area contributed by atoms with E-state index in [1.807, 2.05) is 13.8 Å². The molecule has 0 aliphatic rings. The van der Waals surface area contributed by atoms with E-state index in [0.717, 1.165) is 6.07 Å². The van der Waals surface area contributed by atoms with Crippen LogP contribution in [0.1, 0.15) is 37.9 Å². The Morgan fingerprint density at radius 3 is 2.35 bits per heavy atom. The predicted octanol–water partition coefficient (Wildman–Crippen LogP) is 2.88. The quantitative estimate of drug-likeness (QED) is 0.874. The largest absolute Gasteiger partial charge is 0.416 e. The number of nitrogens with one attached hydrogen (secondary N) is 2. The Kier molecular flexibility index (Phi) is 5.56. The van der Waals surface area contributed by atoms with Crippen LogP contribution >= 0.6 is 0 Å². The molecule has 0 bridgehead atoms. The van der Waals surface area contributed by atoms with Crippen LogP contribution in [0.5, 0.6) is 0 Å². The molecule has 20 heavy (non-hydrogen) atoms. The van der Waals surface area contributed by atoms with Crippen LogP contribution in [0.25, 0.3) is 0 Å². The number of amides is 1. The van der Waals surface area contributed by atoms with Crippen molar-refractivity contribution in [3.63, 3.8) is 0 Å². The molecule has 1 unspecified atom stereocenters. The molecule has 1 amide bonds. The zero-order chi connectivity index (χ0) is 15.3. The zero-order valence-electron chi connectivity index (χ0n) is 11.7. The molecule has 3 nitrogen and oxygen atoms in total. The van der Waals surface area contributed by atoms with Gasteiger partial charge in [0.1, 0.15) is 0 Å². The highest BCUT2D eigenvalue weighted by Gasteiger charge is 2.34. The van der Waals surface area contributed by atoms with Gasteiger partial charge < -0.3 is 10.6 Å². The van der Waals surface area contributed by atoms with Crippen molar-refractivity contribution in [2.45, 2.75) is 39.0 Å². The van der Waals surface area contributed by atoms with Gasteiger partial charge in [-0.25, -0.2) is 0 Å². The highest BCUT2D eigenvalue weighted by Crippen LogP contribution is 2.34. The van der Waals surface area contributed by atoms with Gasteiger partial charge >= 0.3 is 6.18 Å². The summed E-state index contributed by atoms with van der Waals surface area (Å²) in [7, 11) is 0. The van der Waals surface area contributed by atoms with Crippen molar-refractivity contribution < 1.29 is 18.0 Å². The maximum absolute atomic E-state index is 12.9. The molecule has 0 spiro atoms. The smallest absolute Gasteiger partial charge is 0.353 e. The normalized spacial score (nSPS) is 13.3. The highest BCUT2D eigenvalue weighted by atomic mass is 19.4. The number of rotatable bonds is 5. The van der Waals surface area contributed by atoms with Gasteiger partial charge in [-0.05, 0) is 32.4 Å². The molecule has 1 aromatic rings. The van der Waals surface area contributed by atoms with Gasteiger partial charge in [0.05, 0.1) is 12.1 Å². The fourth-order valence-corrected chi connectivity index (χ4v) is 1.86. The standard InChI is InChI=1S/C14H19F3N2O/c1-9(2)19-13(20)8-18-10(3)11-6-4-5-7-12(11)14(15,16)17/h4-7,9-10,18H,8H2,1-3H3,(H,19,20). The van der Waals surface area contributed by atoms with Crippen molar-refractivity contribution in [1.82, 2.24) is 10.6 Å². The van der Waals surface area contributed by atoms with Crippen LogP contribution in [0.4, 0.5) is 13.2 Å². The second-order valence-corrected chi connectivity index (χ2v) is 4.91. The Hall–Kier alpha value is -1.56. The second-order valence-electron chi connectivity index (χ2n) is 4.91. The minimum Gasteiger partial charge on any atom is -0.353 e. The number of carbonyl (C=O) groups is 1. The van der Waals surface area contributed by atoms with Crippen molar-refractivity contribution in [1.29, 1.82) is 0 Å². The molecular formula is C14H19F3N2O. The summed E-state index contributed by atoms with van der Waals surface area (Å²) in [6, 6.07) is 4.80. The maximum atomic E-state index is 12.9. The Labute approximate surface area is 116 Å². The third-order valence-electron chi connectivity index (χ3n) is 2.75. The molecule has 0 saturated carbocycles. The third kappa shape index (κ3) is 4.85. The molecule has 112 valence electrons. The lowest BCUT2D eigenvalue weighted by atomic mass is 10.0. The number of hydrogen-bond donors (Lipinski definition) is 2. The van der Waals surface area contributed by atoms with Gasteiger partial charge in [0.25, 0.3) is 0 Å². The van der Waals surface area contributed by atoms with E-state index in [1.165, 1.54) is 12.1 Å². The molecule has 0 aliphatic carbocycles. The number of alkyl halides is 3. The summed E-state index contributed by atoms with van der Waals surface area (Å²) in [6.45, 7) is 5.22. The lowest BCUT2D eigenvalue weighted by molar-refractivity contribution is -0.138. The van der Waals surface area contributed by atoms with Crippen molar-refractivity contribution in [2.75, 3.05) is 6.54 Å². The van der Waals surface area contributed by atoms with Gasteiger partial charge in [-0.1, -0.05) is 18.2 Å². The molecule has 0 radical (unpaired) electrons. The van der Waals surface area contributed by atoms with Gasteiger partial charge in [-0.2, -0.15) is 13.2 Å². The summed E-state index contributed by atoms with van der Waals surface area (Å²) in [5.74, 6) is -0.240. The fourth-order valence-electron chi connectivity index (χ4n) is 1.86. The van der Waals surface area contributed by atoms with Gasteiger partial charge in [-0.3, -0.25) is 4.79 Å². The van der Waals surface area contributed by atoms with Crippen LogP contribution in [-0.2, 0) is 11.0 Å². The van der Waals surface area contributed by atoms with E-state index < -0.39 is 17.8 Å². The molecule has 6 heteroatoms. The summed E-state index contributed by atoms with van der Waals surface area (Å²) in [5, 5.41) is 5.48.